The van der Waals surface area contributed by atoms with Crippen molar-refractivity contribution < 1.29 is 13.2 Å². The minimum atomic E-state index is -3.23. The monoisotopic (exact) mass is 480 g/mol. The van der Waals surface area contributed by atoms with Gasteiger partial charge < -0.3 is 14.5 Å². The number of hydrogen-bond acceptors (Lipinski definition) is 9. The number of rotatable bonds is 6. The Balaban J connectivity index is 1.24. The van der Waals surface area contributed by atoms with Gasteiger partial charge in [0.25, 0.3) is 0 Å². The van der Waals surface area contributed by atoms with Crippen LogP contribution in [0.15, 0.2) is 47.9 Å². The molecule has 0 bridgehead atoms. The van der Waals surface area contributed by atoms with Crippen LogP contribution in [0.1, 0.15) is 30.9 Å². The fourth-order valence-corrected chi connectivity index (χ4v) is 5.10. The molecule has 178 valence electrons. The second kappa shape index (κ2) is 9.17. The maximum absolute atomic E-state index is 11.9. The first-order valence-corrected chi connectivity index (χ1v) is 13.4. The Bertz CT molecular complexity index is 1270. The average Bonchev–Trinajstić information content (AvgIpc) is 3.28. The molecule has 0 spiro atoms. The SMILES string of the molecule is CCc1cnc(N2CCC(Oc3cc(N4CCc5cc(S(C)(=O)=O)ccc54)ncn3)CC2)nc1. The molecule has 2 aliphatic rings. The first-order chi connectivity index (χ1) is 16.4. The molecule has 5 rings (SSSR count). The fraction of sp³-hybridized carbons (Fsp3) is 0.417. The summed E-state index contributed by atoms with van der Waals surface area (Å²) in [6.07, 6.45) is 10.0. The highest BCUT2D eigenvalue weighted by Gasteiger charge is 2.25. The molecule has 3 aromatic rings. The lowest BCUT2D eigenvalue weighted by Crippen LogP contribution is -2.39. The molecule has 1 fully saturated rings. The second-order valence-corrected chi connectivity index (χ2v) is 10.7. The van der Waals surface area contributed by atoms with Gasteiger partial charge in [-0.3, -0.25) is 0 Å². The van der Waals surface area contributed by atoms with Crippen LogP contribution in [0.5, 0.6) is 5.88 Å². The van der Waals surface area contributed by atoms with Crippen molar-refractivity contribution >= 4 is 27.3 Å². The van der Waals surface area contributed by atoms with E-state index in [4.69, 9.17) is 4.74 Å². The van der Waals surface area contributed by atoms with Gasteiger partial charge in [0, 0.05) is 62.9 Å². The topological polar surface area (TPSA) is 101 Å². The lowest BCUT2D eigenvalue weighted by atomic mass is 10.1. The van der Waals surface area contributed by atoms with Crippen LogP contribution in [-0.4, -0.2) is 60.3 Å². The van der Waals surface area contributed by atoms with Gasteiger partial charge in [0.1, 0.15) is 18.2 Å². The van der Waals surface area contributed by atoms with E-state index >= 15 is 0 Å². The lowest BCUT2D eigenvalue weighted by molar-refractivity contribution is 0.163. The Morgan fingerprint density at radius 3 is 2.50 bits per heavy atom. The molecule has 0 unspecified atom stereocenters. The van der Waals surface area contributed by atoms with Gasteiger partial charge in [-0.25, -0.2) is 28.4 Å². The van der Waals surface area contributed by atoms with Gasteiger partial charge >= 0.3 is 0 Å². The van der Waals surface area contributed by atoms with Crippen molar-refractivity contribution in [3.8, 4) is 5.88 Å². The molecular formula is C24H28N6O3S. The van der Waals surface area contributed by atoms with Crippen LogP contribution in [0.3, 0.4) is 0 Å². The molecule has 34 heavy (non-hydrogen) atoms. The highest BCUT2D eigenvalue weighted by molar-refractivity contribution is 7.90. The van der Waals surface area contributed by atoms with Gasteiger partial charge in [0.15, 0.2) is 9.84 Å². The predicted molar refractivity (Wildman–Crippen MR) is 130 cm³/mol. The normalized spacial score (nSPS) is 16.5. The van der Waals surface area contributed by atoms with Gasteiger partial charge in [0.2, 0.25) is 11.8 Å². The third kappa shape index (κ3) is 4.68. The van der Waals surface area contributed by atoms with Crippen LogP contribution in [-0.2, 0) is 22.7 Å². The van der Waals surface area contributed by atoms with E-state index in [-0.39, 0.29) is 6.10 Å². The molecule has 0 radical (unpaired) electrons. The first kappa shape index (κ1) is 22.5. The minimum Gasteiger partial charge on any atom is -0.474 e. The van der Waals surface area contributed by atoms with Crippen molar-refractivity contribution in [3.63, 3.8) is 0 Å². The summed E-state index contributed by atoms with van der Waals surface area (Å²) in [4.78, 5) is 22.4. The van der Waals surface area contributed by atoms with Gasteiger partial charge in [-0.15, -0.1) is 0 Å². The number of aromatic nitrogens is 4. The van der Waals surface area contributed by atoms with Crippen LogP contribution >= 0.6 is 0 Å². The van der Waals surface area contributed by atoms with Crippen LogP contribution in [0.2, 0.25) is 0 Å². The van der Waals surface area contributed by atoms with Crippen molar-refractivity contribution in [1.29, 1.82) is 0 Å². The van der Waals surface area contributed by atoms with Crippen LogP contribution in [0.4, 0.5) is 17.5 Å². The number of sulfone groups is 1. The zero-order valence-electron chi connectivity index (χ0n) is 19.4. The molecule has 4 heterocycles. The molecule has 0 atom stereocenters. The van der Waals surface area contributed by atoms with Crippen molar-refractivity contribution in [2.45, 2.75) is 43.6 Å². The number of fused-ring (bicyclic) bond motifs is 1. The number of anilines is 3. The number of piperidine rings is 1. The molecule has 0 amide bonds. The van der Waals surface area contributed by atoms with E-state index in [1.165, 1.54) is 12.6 Å². The molecule has 2 aromatic heterocycles. The fourth-order valence-electron chi connectivity index (χ4n) is 4.43. The molecule has 1 aromatic carbocycles. The zero-order chi connectivity index (χ0) is 23.7. The minimum absolute atomic E-state index is 0.0668. The Morgan fingerprint density at radius 2 is 1.79 bits per heavy atom. The summed E-state index contributed by atoms with van der Waals surface area (Å²) in [6.45, 7) is 4.48. The highest BCUT2D eigenvalue weighted by Crippen LogP contribution is 2.35. The van der Waals surface area contributed by atoms with E-state index in [0.29, 0.717) is 10.8 Å². The summed E-state index contributed by atoms with van der Waals surface area (Å²) in [5.74, 6) is 2.07. The lowest BCUT2D eigenvalue weighted by Gasteiger charge is -2.32. The third-order valence-corrected chi connectivity index (χ3v) is 7.50. The predicted octanol–water partition coefficient (Wildman–Crippen LogP) is 2.97. The average molecular weight is 481 g/mol. The van der Waals surface area contributed by atoms with Gasteiger partial charge in [-0.1, -0.05) is 6.92 Å². The number of nitrogens with zero attached hydrogens (tertiary/aromatic N) is 6. The number of benzene rings is 1. The molecule has 0 aliphatic carbocycles. The Hall–Kier alpha value is -3.27. The molecule has 2 aliphatic heterocycles. The van der Waals surface area contributed by atoms with E-state index in [2.05, 4.69) is 36.7 Å². The summed E-state index contributed by atoms with van der Waals surface area (Å²) in [5.41, 5.74) is 3.11. The van der Waals surface area contributed by atoms with E-state index in [9.17, 15) is 8.42 Å². The van der Waals surface area contributed by atoms with E-state index < -0.39 is 9.84 Å². The quantitative estimate of drug-likeness (QED) is 0.527. The van der Waals surface area contributed by atoms with Crippen molar-refractivity contribution in [1.82, 2.24) is 19.9 Å². The van der Waals surface area contributed by atoms with E-state index in [1.54, 1.807) is 12.1 Å². The first-order valence-electron chi connectivity index (χ1n) is 11.6. The molecule has 1 saturated heterocycles. The summed E-state index contributed by atoms with van der Waals surface area (Å²) in [5, 5.41) is 0. The Kier molecular flexibility index (Phi) is 6.07. The van der Waals surface area contributed by atoms with Gasteiger partial charge in [-0.05, 0) is 42.2 Å². The molecule has 9 nitrogen and oxygen atoms in total. The van der Waals surface area contributed by atoms with Gasteiger partial charge in [0.05, 0.1) is 4.90 Å². The smallest absolute Gasteiger partial charge is 0.225 e. The van der Waals surface area contributed by atoms with Crippen LogP contribution in [0, 0.1) is 0 Å². The summed E-state index contributed by atoms with van der Waals surface area (Å²) >= 11 is 0. The zero-order valence-corrected chi connectivity index (χ0v) is 20.2. The van der Waals surface area contributed by atoms with Crippen molar-refractivity contribution in [2.75, 3.05) is 35.7 Å². The number of hydrogen-bond donors (Lipinski definition) is 0. The number of ether oxygens (including phenoxy) is 1. The Labute approximate surface area is 199 Å². The molecular weight excluding hydrogens is 452 g/mol. The van der Waals surface area contributed by atoms with E-state index in [1.807, 2.05) is 24.5 Å². The van der Waals surface area contributed by atoms with E-state index in [0.717, 1.165) is 73.9 Å². The van der Waals surface area contributed by atoms with Crippen LogP contribution < -0.4 is 14.5 Å². The summed E-state index contributed by atoms with van der Waals surface area (Å²) in [7, 11) is -3.23. The largest absolute Gasteiger partial charge is 0.474 e. The maximum atomic E-state index is 11.9. The van der Waals surface area contributed by atoms with Gasteiger partial charge in [-0.2, -0.15) is 0 Å². The molecule has 10 heteroatoms. The molecule has 0 saturated carbocycles. The summed E-state index contributed by atoms with van der Waals surface area (Å²) in [6, 6.07) is 7.12. The van der Waals surface area contributed by atoms with Crippen molar-refractivity contribution in [2.24, 2.45) is 0 Å². The number of aryl methyl sites for hydroxylation is 1. The third-order valence-electron chi connectivity index (χ3n) is 6.39. The maximum Gasteiger partial charge on any atom is 0.225 e. The standard InChI is InChI=1S/C24H28N6O3S/c1-3-17-14-25-24(26-15-17)29-9-7-19(8-10-29)33-23-13-22(27-16-28-23)30-11-6-18-12-20(34(2,31)32)4-5-21(18)30/h4-5,12-16,19H,3,6-11H2,1-2H3. The highest BCUT2D eigenvalue weighted by atomic mass is 32.2. The Morgan fingerprint density at radius 1 is 1.03 bits per heavy atom. The van der Waals surface area contributed by atoms with Crippen molar-refractivity contribution in [3.05, 3.63) is 54.1 Å². The van der Waals surface area contributed by atoms with Crippen LogP contribution in [0.25, 0.3) is 0 Å². The second-order valence-electron chi connectivity index (χ2n) is 8.73. The molecule has 0 N–H and O–H groups in total. The summed E-state index contributed by atoms with van der Waals surface area (Å²) < 4.78 is 30.0.